The average Bonchev–Trinajstić information content (AvgIpc) is 2.67. The summed E-state index contributed by atoms with van der Waals surface area (Å²) in [6, 6.07) is 7.34. The molecule has 0 fully saturated rings. The molecular weight excluding hydrogens is 334 g/mol. The first-order valence-electron chi connectivity index (χ1n) is 8.56. The third-order valence-corrected chi connectivity index (χ3v) is 4.03. The number of nitrogens with one attached hydrogen (secondary N) is 1. The molecule has 1 amide bonds. The zero-order chi connectivity index (χ0) is 18.9. The van der Waals surface area contributed by atoms with Crippen LogP contribution >= 0.6 is 0 Å². The third kappa shape index (κ3) is 4.92. The summed E-state index contributed by atoms with van der Waals surface area (Å²) >= 11 is 0. The molecular formula is C19H25N3O4. The minimum atomic E-state index is -0.0705. The lowest BCUT2D eigenvalue weighted by Crippen LogP contribution is -2.23. The van der Waals surface area contributed by atoms with Crippen molar-refractivity contribution in [1.82, 2.24) is 9.97 Å². The van der Waals surface area contributed by atoms with Gasteiger partial charge in [-0.15, -0.1) is 0 Å². The minimum absolute atomic E-state index is 0.0688. The van der Waals surface area contributed by atoms with Gasteiger partial charge < -0.3 is 19.5 Å². The Labute approximate surface area is 153 Å². The van der Waals surface area contributed by atoms with E-state index in [0.29, 0.717) is 23.1 Å². The number of benzene rings is 1. The van der Waals surface area contributed by atoms with Crippen molar-refractivity contribution in [3.05, 3.63) is 30.5 Å². The first kappa shape index (κ1) is 19.7. The quantitative estimate of drug-likeness (QED) is 0.690. The number of hydrogen-bond donors (Lipinski definition) is 1. The van der Waals surface area contributed by atoms with Gasteiger partial charge in [0.25, 0.3) is 0 Å². The van der Waals surface area contributed by atoms with E-state index in [4.69, 9.17) is 14.2 Å². The third-order valence-electron chi connectivity index (χ3n) is 4.03. The topological polar surface area (TPSA) is 82.6 Å². The van der Waals surface area contributed by atoms with Crippen LogP contribution in [0.15, 0.2) is 30.5 Å². The normalized spacial score (nSPS) is 10.7. The molecule has 7 nitrogen and oxygen atoms in total. The van der Waals surface area contributed by atoms with Crippen molar-refractivity contribution in [3.8, 4) is 22.9 Å². The van der Waals surface area contributed by atoms with Gasteiger partial charge >= 0.3 is 0 Å². The summed E-state index contributed by atoms with van der Waals surface area (Å²) in [7, 11) is 3.08. The van der Waals surface area contributed by atoms with Crippen molar-refractivity contribution >= 4 is 11.7 Å². The highest BCUT2D eigenvalue weighted by molar-refractivity contribution is 5.94. The zero-order valence-electron chi connectivity index (χ0n) is 15.6. The largest absolute Gasteiger partial charge is 0.480 e. The second-order valence-corrected chi connectivity index (χ2v) is 5.69. The van der Waals surface area contributed by atoms with Crippen LogP contribution in [0.2, 0.25) is 0 Å². The molecule has 2 rings (SSSR count). The molecule has 2 aromatic rings. The predicted molar refractivity (Wildman–Crippen MR) is 99.2 cm³/mol. The fourth-order valence-electron chi connectivity index (χ4n) is 2.48. The molecule has 0 atom stereocenters. The summed E-state index contributed by atoms with van der Waals surface area (Å²) in [5.74, 6) is 1.26. The molecule has 0 saturated heterocycles. The van der Waals surface area contributed by atoms with E-state index in [2.05, 4.69) is 15.3 Å². The smallest absolute Gasteiger partial charge is 0.234 e. The van der Waals surface area contributed by atoms with E-state index < -0.39 is 0 Å². The van der Waals surface area contributed by atoms with E-state index in [1.54, 1.807) is 7.11 Å². The van der Waals surface area contributed by atoms with E-state index in [1.807, 2.05) is 38.1 Å². The van der Waals surface area contributed by atoms with Crippen LogP contribution in [0.5, 0.6) is 11.6 Å². The molecule has 26 heavy (non-hydrogen) atoms. The number of amides is 1. The number of rotatable bonds is 9. The maximum Gasteiger partial charge on any atom is 0.234 e. The lowest BCUT2D eigenvalue weighted by molar-refractivity contribution is -0.120. The first-order valence-corrected chi connectivity index (χ1v) is 8.56. The summed E-state index contributed by atoms with van der Waals surface area (Å²) in [6.45, 7) is 4.16. The van der Waals surface area contributed by atoms with Crippen LogP contribution in [0.1, 0.15) is 26.7 Å². The van der Waals surface area contributed by atoms with Crippen LogP contribution in [-0.2, 0) is 9.53 Å². The molecule has 1 N–H and O–H groups in total. The molecule has 0 saturated carbocycles. The molecule has 0 bridgehead atoms. The van der Waals surface area contributed by atoms with Crippen LogP contribution in [0.3, 0.4) is 0 Å². The molecule has 1 heterocycles. The van der Waals surface area contributed by atoms with Gasteiger partial charge in [0, 0.05) is 18.6 Å². The van der Waals surface area contributed by atoms with Crippen molar-refractivity contribution in [2.75, 3.05) is 26.3 Å². The van der Waals surface area contributed by atoms with E-state index in [-0.39, 0.29) is 18.6 Å². The molecule has 0 aliphatic carbocycles. The second-order valence-electron chi connectivity index (χ2n) is 5.69. The fraction of sp³-hybridized carbons (Fsp3) is 0.421. The Morgan fingerprint density at radius 3 is 2.42 bits per heavy atom. The van der Waals surface area contributed by atoms with Gasteiger partial charge in [-0.25, -0.2) is 4.98 Å². The Balaban J connectivity index is 2.31. The number of hydrogen-bond acceptors (Lipinski definition) is 6. The molecule has 7 heteroatoms. The summed E-state index contributed by atoms with van der Waals surface area (Å²) in [5.41, 5.74) is 1.38. The lowest BCUT2D eigenvalue weighted by Gasteiger charge is -2.15. The summed E-state index contributed by atoms with van der Waals surface area (Å²) in [6.07, 6.45) is 3.05. The van der Waals surface area contributed by atoms with Crippen molar-refractivity contribution in [1.29, 1.82) is 0 Å². The van der Waals surface area contributed by atoms with Gasteiger partial charge in [0.2, 0.25) is 11.8 Å². The van der Waals surface area contributed by atoms with Gasteiger partial charge in [0.15, 0.2) is 12.6 Å². The van der Waals surface area contributed by atoms with Gasteiger partial charge in [0.05, 0.1) is 13.3 Å². The van der Waals surface area contributed by atoms with Gasteiger partial charge in [0.1, 0.15) is 11.4 Å². The van der Waals surface area contributed by atoms with Crippen molar-refractivity contribution in [3.63, 3.8) is 0 Å². The molecule has 140 valence electrons. The monoisotopic (exact) mass is 359 g/mol. The standard InChI is InChI=1S/C19H25N3O4/c1-5-13(6-2)19(23)22-18-17(20-11-16(21-18)25-4)14-7-9-15(10-8-14)26-12-24-3/h7-11,13H,5-6,12H2,1-4H3,(H,21,22,23). The van der Waals surface area contributed by atoms with Crippen LogP contribution in [0.4, 0.5) is 5.82 Å². The molecule has 0 spiro atoms. The van der Waals surface area contributed by atoms with Crippen molar-refractivity contribution in [2.45, 2.75) is 26.7 Å². The maximum absolute atomic E-state index is 12.5. The summed E-state index contributed by atoms with van der Waals surface area (Å²) in [4.78, 5) is 21.2. The average molecular weight is 359 g/mol. The molecule has 0 unspecified atom stereocenters. The van der Waals surface area contributed by atoms with Gasteiger partial charge in [-0.05, 0) is 37.1 Å². The highest BCUT2D eigenvalue weighted by Gasteiger charge is 2.18. The van der Waals surface area contributed by atoms with Gasteiger partial charge in [-0.2, -0.15) is 4.98 Å². The Morgan fingerprint density at radius 2 is 1.85 bits per heavy atom. The predicted octanol–water partition coefficient (Wildman–Crippen LogP) is 3.51. The Bertz CT molecular complexity index is 715. The molecule has 1 aromatic carbocycles. The first-order chi connectivity index (χ1) is 12.6. The van der Waals surface area contributed by atoms with Gasteiger partial charge in [-0.3, -0.25) is 4.79 Å². The maximum atomic E-state index is 12.5. The van der Waals surface area contributed by atoms with E-state index >= 15 is 0 Å². The lowest BCUT2D eigenvalue weighted by atomic mass is 10.0. The summed E-state index contributed by atoms with van der Waals surface area (Å²) < 4.78 is 15.4. The van der Waals surface area contributed by atoms with Crippen LogP contribution in [0, 0.1) is 5.92 Å². The SMILES string of the molecule is CCC(CC)C(=O)Nc1nc(OC)cnc1-c1ccc(OCOC)cc1. The highest BCUT2D eigenvalue weighted by Crippen LogP contribution is 2.28. The molecule has 0 aliphatic rings. The molecule has 0 radical (unpaired) electrons. The second kappa shape index (κ2) is 9.72. The fourth-order valence-corrected chi connectivity index (χ4v) is 2.48. The molecule has 0 aliphatic heterocycles. The minimum Gasteiger partial charge on any atom is -0.480 e. The summed E-state index contributed by atoms with van der Waals surface area (Å²) in [5, 5.41) is 2.89. The van der Waals surface area contributed by atoms with E-state index in [9.17, 15) is 4.79 Å². The zero-order valence-corrected chi connectivity index (χ0v) is 15.6. The number of methoxy groups -OCH3 is 2. The number of aromatic nitrogens is 2. The van der Waals surface area contributed by atoms with E-state index in [0.717, 1.165) is 18.4 Å². The van der Waals surface area contributed by atoms with Crippen molar-refractivity contribution in [2.24, 2.45) is 5.92 Å². The number of ether oxygens (including phenoxy) is 3. The van der Waals surface area contributed by atoms with Gasteiger partial charge in [-0.1, -0.05) is 13.8 Å². The number of anilines is 1. The van der Waals surface area contributed by atoms with Crippen molar-refractivity contribution < 1.29 is 19.0 Å². The Morgan fingerprint density at radius 1 is 1.15 bits per heavy atom. The van der Waals surface area contributed by atoms with Crippen LogP contribution < -0.4 is 14.8 Å². The Hall–Kier alpha value is -2.67. The Kier molecular flexibility index (Phi) is 7.35. The van der Waals surface area contributed by atoms with Crippen LogP contribution in [-0.4, -0.2) is 36.9 Å². The number of nitrogens with zero attached hydrogens (tertiary/aromatic N) is 2. The van der Waals surface area contributed by atoms with E-state index in [1.165, 1.54) is 13.3 Å². The molecule has 1 aromatic heterocycles. The van der Waals surface area contributed by atoms with Crippen LogP contribution in [0.25, 0.3) is 11.3 Å². The highest BCUT2D eigenvalue weighted by atomic mass is 16.7. The number of carbonyl (C=O) groups excluding carboxylic acids is 1. The number of carbonyl (C=O) groups is 1.